The molecule has 0 aromatic carbocycles. The summed E-state index contributed by atoms with van der Waals surface area (Å²) in [4.78, 5) is 7.03. The van der Waals surface area contributed by atoms with Gasteiger partial charge in [0, 0.05) is 24.6 Å². The van der Waals surface area contributed by atoms with Gasteiger partial charge in [-0.15, -0.1) is 0 Å². The second-order valence-corrected chi connectivity index (χ2v) is 5.25. The maximum absolute atomic E-state index is 4.75. The number of hydrogen-bond donors (Lipinski definition) is 0. The van der Waals surface area contributed by atoms with E-state index in [1.165, 1.54) is 18.5 Å². The average Bonchev–Trinajstić information content (AvgIpc) is 2.76. The Labute approximate surface area is 117 Å². The van der Waals surface area contributed by atoms with Crippen molar-refractivity contribution in [2.75, 3.05) is 11.9 Å². The van der Waals surface area contributed by atoms with E-state index in [1.807, 2.05) is 18.2 Å². The molecule has 2 aromatic heterocycles. The molecule has 0 spiro atoms. The van der Waals surface area contributed by atoms with E-state index in [0.29, 0.717) is 6.04 Å². The van der Waals surface area contributed by atoms with Crippen LogP contribution in [0.2, 0.25) is 0 Å². The highest BCUT2D eigenvalue weighted by atomic mass is 79.9. The molecule has 0 aliphatic heterocycles. The lowest BCUT2D eigenvalue weighted by molar-refractivity contribution is 0.611. The molecule has 0 saturated heterocycles. The molecule has 0 aliphatic rings. The Bertz CT molecular complexity index is 521. The zero-order valence-electron chi connectivity index (χ0n) is 11.2. The molecular weight excluding hydrogens is 290 g/mol. The summed E-state index contributed by atoms with van der Waals surface area (Å²) in [6.07, 6.45) is 4.45. The first-order valence-corrected chi connectivity index (χ1v) is 7.56. The van der Waals surface area contributed by atoms with Gasteiger partial charge < -0.3 is 9.30 Å². The van der Waals surface area contributed by atoms with Gasteiger partial charge in [-0.05, 0) is 25.5 Å². The minimum atomic E-state index is 0.512. The van der Waals surface area contributed by atoms with E-state index in [0.717, 1.165) is 16.8 Å². The van der Waals surface area contributed by atoms with Gasteiger partial charge in [0.2, 0.25) is 0 Å². The summed E-state index contributed by atoms with van der Waals surface area (Å²) in [5.41, 5.74) is 2.23. The van der Waals surface area contributed by atoms with Gasteiger partial charge in [0.1, 0.15) is 5.65 Å². The number of rotatable bonds is 5. The second-order valence-electron chi connectivity index (χ2n) is 4.69. The smallest absolute Gasteiger partial charge is 0.152 e. The summed E-state index contributed by atoms with van der Waals surface area (Å²) in [6, 6.07) is 6.63. The number of aromatic nitrogens is 2. The zero-order valence-corrected chi connectivity index (χ0v) is 12.8. The van der Waals surface area contributed by atoms with E-state index in [4.69, 9.17) is 4.98 Å². The van der Waals surface area contributed by atoms with Crippen LogP contribution in [0.5, 0.6) is 0 Å². The number of alkyl halides is 1. The fraction of sp³-hybridized carbons (Fsp3) is 0.500. The molecule has 4 heteroatoms. The van der Waals surface area contributed by atoms with Crippen molar-refractivity contribution in [3.05, 3.63) is 30.1 Å². The van der Waals surface area contributed by atoms with E-state index in [1.54, 1.807) is 0 Å². The van der Waals surface area contributed by atoms with Gasteiger partial charge in [0.25, 0.3) is 0 Å². The standard InChI is InChI=1S/C14H20BrN3/c1-4-7-11(2)17(3)14-12(10-15)18-9-6-5-8-13(18)16-14/h5-6,8-9,11H,4,7,10H2,1-3H3. The van der Waals surface area contributed by atoms with Gasteiger partial charge in [-0.2, -0.15) is 0 Å². The Kier molecular flexibility index (Phi) is 4.27. The van der Waals surface area contributed by atoms with Gasteiger partial charge in [0.05, 0.1) is 5.69 Å². The van der Waals surface area contributed by atoms with Crippen molar-refractivity contribution in [2.45, 2.75) is 38.1 Å². The highest BCUT2D eigenvalue weighted by Gasteiger charge is 2.17. The molecule has 1 atom stereocenters. The number of pyridine rings is 1. The Morgan fingerprint density at radius 1 is 1.44 bits per heavy atom. The normalized spacial score (nSPS) is 12.9. The first-order valence-electron chi connectivity index (χ1n) is 6.43. The number of nitrogens with zero attached hydrogens (tertiary/aromatic N) is 3. The third kappa shape index (κ3) is 2.39. The largest absolute Gasteiger partial charge is 0.355 e. The highest BCUT2D eigenvalue weighted by molar-refractivity contribution is 9.08. The van der Waals surface area contributed by atoms with Crippen molar-refractivity contribution >= 4 is 27.4 Å². The van der Waals surface area contributed by atoms with Crippen LogP contribution in [0.1, 0.15) is 32.4 Å². The summed E-state index contributed by atoms with van der Waals surface area (Å²) < 4.78 is 2.15. The van der Waals surface area contributed by atoms with Crippen molar-refractivity contribution in [2.24, 2.45) is 0 Å². The third-order valence-corrected chi connectivity index (χ3v) is 3.97. The van der Waals surface area contributed by atoms with E-state index in [2.05, 4.69) is 52.3 Å². The predicted molar refractivity (Wildman–Crippen MR) is 80.6 cm³/mol. The predicted octanol–water partition coefficient (Wildman–Crippen LogP) is 3.85. The van der Waals surface area contributed by atoms with Crippen LogP contribution in [0.15, 0.2) is 24.4 Å². The topological polar surface area (TPSA) is 20.5 Å². The molecule has 2 aromatic rings. The maximum atomic E-state index is 4.75. The molecule has 0 bridgehead atoms. The number of hydrogen-bond acceptors (Lipinski definition) is 2. The summed E-state index contributed by atoms with van der Waals surface area (Å²) in [5, 5.41) is 0.816. The monoisotopic (exact) mass is 309 g/mol. The lowest BCUT2D eigenvalue weighted by Gasteiger charge is -2.25. The second kappa shape index (κ2) is 5.74. The van der Waals surface area contributed by atoms with E-state index < -0.39 is 0 Å². The molecular formula is C14H20BrN3. The van der Waals surface area contributed by atoms with E-state index in [9.17, 15) is 0 Å². The van der Waals surface area contributed by atoms with Crippen LogP contribution in [-0.4, -0.2) is 22.5 Å². The molecule has 98 valence electrons. The van der Waals surface area contributed by atoms with Crippen LogP contribution >= 0.6 is 15.9 Å². The molecule has 18 heavy (non-hydrogen) atoms. The van der Waals surface area contributed by atoms with Crippen LogP contribution in [-0.2, 0) is 5.33 Å². The van der Waals surface area contributed by atoms with Crippen LogP contribution < -0.4 is 4.90 Å². The summed E-state index contributed by atoms with van der Waals surface area (Å²) in [7, 11) is 2.13. The average molecular weight is 310 g/mol. The van der Waals surface area contributed by atoms with Crippen LogP contribution in [0.25, 0.3) is 5.65 Å². The van der Waals surface area contributed by atoms with Crippen molar-refractivity contribution < 1.29 is 0 Å². The Balaban J connectivity index is 2.43. The lowest BCUT2D eigenvalue weighted by Crippen LogP contribution is -2.29. The number of imidazole rings is 1. The summed E-state index contributed by atoms with van der Waals surface area (Å²) >= 11 is 3.58. The molecule has 0 amide bonds. The van der Waals surface area contributed by atoms with Gasteiger partial charge >= 0.3 is 0 Å². The van der Waals surface area contributed by atoms with Crippen LogP contribution in [0.4, 0.5) is 5.82 Å². The maximum Gasteiger partial charge on any atom is 0.152 e. The first kappa shape index (κ1) is 13.4. The number of halogens is 1. The van der Waals surface area contributed by atoms with E-state index >= 15 is 0 Å². The minimum Gasteiger partial charge on any atom is -0.355 e. The fourth-order valence-corrected chi connectivity index (χ4v) is 2.78. The molecule has 0 saturated carbocycles. The first-order chi connectivity index (χ1) is 8.69. The van der Waals surface area contributed by atoms with Gasteiger partial charge in [-0.25, -0.2) is 4.98 Å². The van der Waals surface area contributed by atoms with Gasteiger partial charge in [-0.3, -0.25) is 0 Å². The number of anilines is 1. The lowest BCUT2D eigenvalue weighted by atomic mass is 10.2. The van der Waals surface area contributed by atoms with Crippen molar-refractivity contribution in [3.63, 3.8) is 0 Å². The van der Waals surface area contributed by atoms with Gasteiger partial charge in [0.15, 0.2) is 5.82 Å². The minimum absolute atomic E-state index is 0.512. The third-order valence-electron chi connectivity index (χ3n) is 3.44. The van der Waals surface area contributed by atoms with E-state index in [-0.39, 0.29) is 0 Å². The molecule has 1 unspecified atom stereocenters. The molecule has 0 radical (unpaired) electrons. The van der Waals surface area contributed by atoms with Crippen molar-refractivity contribution in [1.29, 1.82) is 0 Å². The molecule has 2 rings (SSSR count). The van der Waals surface area contributed by atoms with Crippen molar-refractivity contribution in [3.8, 4) is 0 Å². The van der Waals surface area contributed by atoms with Crippen molar-refractivity contribution in [1.82, 2.24) is 9.38 Å². The Hall–Kier alpha value is -1.03. The molecule has 0 fully saturated rings. The molecule has 3 nitrogen and oxygen atoms in total. The number of fused-ring (bicyclic) bond motifs is 1. The molecule has 0 N–H and O–H groups in total. The highest BCUT2D eigenvalue weighted by Crippen LogP contribution is 2.25. The summed E-state index contributed by atoms with van der Waals surface area (Å²) in [5.74, 6) is 1.08. The quantitative estimate of drug-likeness (QED) is 0.782. The summed E-state index contributed by atoms with van der Waals surface area (Å²) in [6.45, 7) is 4.48. The Morgan fingerprint density at radius 3 is 2.89 bits per heavy atom. The van der Waals surface area contributed by atoms with Crippen LogP contribution in [0, 0.1) is 0 Å². The van der Waals surface area contributed by atoms with Crippen LogP contribution in [0.3, 0.4) is 0 Å². The fourth-order valence-electron chi connectivity index (χ4n) is 2.26. The Morgan fingerprint density at radius 2 is 2.22 bits per heavy atom. The van der Waals surface area contributed by atoms with Gasteiger partial charge in [-0.1, -0.05) is 35.3 Å². The SMILES string of the molecule is CCCC(C)N(C)c1nc2ccccn2c1CBr. The molecule has 2 heterocycles. The zero-order chi connectivity index (χ0) is 13.1. The molecule has 0 aliphatic carbocycles.